The fourth-order valence-corrected chi connectivity index (χ4v) is 1.93. The van der Waals surface area contributed by atoms with Crippen LogP contribution in [-0.2, 0) is 0 Å². The Kier molecular flexibility index (Phi) is 11.5. The Hall–Kier alpha value is -3.25. The Labute approximate surface area is 156 Å². The van der Waals surface area contributed by atoms with E-state index in [1.165, 1.54) is 12.3 Å². The van der Waals surface area contributed by atoms with Crippen LogP contribution in [0.25, 0.3) is 0 Å². The maximum atomic E-state index is 13.7. The van der Waals surface area contributed by atoms with Crippen molar-refractivity contribution in [3.8, 4) is 0 Å². The summed E-state index contributed by atoms with van der Waals surface area (Å²) >= 11 is 0. The van der Waals surface area contributed by atoms with E-state index < -0.39 is 5.83 Å². The summed E-state index contributed by atoms with van der Waals surface area (Å²) in [5.41, 5.74) is 8.93. The molecule has 0 aromatic heterocycles. The third kappa shape index (κ3) is 7.55. The predicted octanol–water partition coefficient (Wildman–Crippen LogP) is 6.52. The topological polar surface area (TPSA) is 36.2 Å². The van der Waals surface area contributed by atoms with Crippen molar-refractivity contribution in [2.45, 2.75) is 20.3 Å². The third-order valence-electron chi connectivity index (χ3n) is 3.29. The van der Waals surface area contributed by atoms with Crippen molar-refractivity contribution < 1.29 is 4.39 Å². The third-order valence-corrected chi connectivity index (χ3v) is 3.29. The van der Waals surface area contributed by atoms with Gasteiger partial charge >= 0.3 is 0 Å². The van der Waals surface area contributed by atoms with Gasteiger partial charge in [0, 0.05) is 11.8 Å². The monoisotopic (exact) mass is 348 g/mol. The summed E-state index contributed by atoms with van der Waals surface area (Å²) in [6.45, 7) is 17.8. The molecular weight excluding hydrogens is 323 g/mol. The van der Waals surface area contributed by atoms with Crippen LogP contribution in [0.3, 0.4) is 0 Å². The zero-order chi connectivity index (χ0) is 19.9. The first kappa shape index (κ1) is 22.8. The summed E-state index contributed by atoms with van der Waals surface area (Å²) in [7, 11) is 0. The van der Waals surface area contributed by atoms with Crippen molar-refractivity contribution in [2.24, 2.45) is 4.99 Å². The Morgan fingerprint density at radius 3 is 2.50 bits per heavy atom. The van der Waals surface area contributed by atoms with Gasteiger partial charge in [0.2, 0.25) is 0 Å². The quantitative estimate of drug-likeness (QED) is 0.265. The normalized spacial score (nSPS) is 12.4. The Morgan fingerprint density at radius 2 is 2.00 bits per heavy atom. The van der Waals surface area contributed by atoms with Gasteiger partial charge in [-0.15, -0.1) is 11.5 Å². The van der Waals surface area contributed by atoms with Crippen molar-refractivity contribution >= 4 is 12.9 Å². The van der Waals surface area contributed by atoms with Crippen molar-refractivity contribution in [3.05, 3.63) is 108 Å². The van der Waals surface area contributed by atoms with E-state index >= 15 is 0 Å². The predicted molar refractivity (Wildman–Crippen MR) is 112 cm³/mol. The number of halogens is 1. The molecule has 0 saturated carbocycles. The molecule has 0 aliphatic rings. The van der Waals surface area contributed by atoms with Crippen molar-refractivity contribution in [3.63, 3.8) is 0 Å². The SMILES string of the molecule is C=C=CC=CC(C(=C=CC)C(C=C)=CCC=C(F)C(=C)N=C)=C(C)C=N. The van der Waals surface area contributed by atoms with E-state index in [4.69, 9.17) is 5.41 Å². The molecule has 0 spiro atoms. The molecule has 0 aliphatic carbocycles. The summed E-state index contributed by atoms with van der Waals surface area (Å²) in [4.78, 5) is 3.47. The second kappa shape index (κ2) is 13.1. The molecule has 0 aliphatic heterocycles. The van der Waals surface area contributed by atoms with Crippen LogP contribution >= 0.6 is 0 Å². The largest absolute Gasteiger partial charge is 0.308 e. The minimum atomic E-state index is -0.515. The van der Waals surface area contributed by atoms with Crippen molar-refractivity contribution in [1.82, 2.24) is 0 Å². The number of hydrogen-bond donors (Lipinski definition) is 1. The number of nitrogens with one attached hydrogen (secondary N) is 1. The molecular formula is C23H25FN2. The number of aliphatic imine (C=N–C) groups is 1. The van der Waals surface area contributed by atoms with Gasteiger partial charge < -0.3 is 5.41 Å². The van der Waals surface area contributed by atoms with Crippen LogP contribution in [0.5, 0.6) is 0 Å². The lowest BCUT2D eigenvalue weighted by atomic mass is 9.93. The highest BCUT2D eigenvalue weighted by Crippen LogP contribution is 2.24. The number of hydrogen-bond acceptors (Lipinski definition) is 2. The lowest BCUT2D eigenvalue weighted by molar-refractivity contribution is 0.646. The van der Waals surface area contributed by atoms with E-state index in [1.807, 2.05) is 26.0 Å². The van der Waals surface area contributed by atoms with Gasteiger partial charge in [0.1, 0.15) is 5.83 Å². The fourth-order valence-electron chi connectivity index (χ4n) is 1.93. The maximum Gasteiger partial charge on any atom is 0.144 e. The molecule has 0 unspecified atom stereocenters. The Morgan fingerprint density at radius 1 is 1.31 bits per heavy atom. The average Bonchev–Trinajstić information content (AvgIpc) is 2.66. The van der Waals surface area contributed by atoms with E-state index in [-0.39, 0.29) is 5.70 Å². The Bertz CT molecular complexity index is 801. The number of rotatable bonds is 10. The second-order valence-corrected chi connectivity index (χ2v) is 5.04. The van der Waals surface area contributed by atoms with E-state index in [2.05, 4.69) is 42.9 Å². The second-order valence-electron chi connectivity index (χ2n) is 5.04. The molecule has 0 heterocycles. The van der Waals surface area contributed by atoms with Gasteiger partial charge in [-0.3, -0.25) is 4.99 Å². The molecule has 0 saturated heterocycles. The minimum Gasteiger partial charge on any atom is -0.308 e. The van der Waals surface area contributed by atoms with E-state index in [0.717, 1.165) is 22.3 Å². The first-order valence-electron chi connectivity index (χ1n) is 7.96. The van der Waals surface area contributed by atoms with Crippen molar-refractivity contribution in [2.75, 3.05) is 0 Å². The molecule has 2 nitrogen and oxygen atoms in total. The first-order valence-corrected chi connectivity index (χ1v) is 7.96. The van der Waals surface area contributed by atoms with Gasteiger partial charge in [-0.05, 0) is 61.9 Å². The fraction of sp³-hybridized carbons (Fsp3) is 0.130. The molecule has 134 valence electrons. The van der Waals surface area contributed by atoms with Gasteiger partial charge in [-0.25, -0.2) is 4.39 Å². The van der Waals surface area contributed by atoms with E-state index in [0.29, 0.717) is 6.42 Å². The minimum absolute atomic E-state index is 0.00199. The summed E-state index contributed by atoms with van der Waals surface area (Å²) in [6, 6.07) is 0. The molecule has 0 aromatic carbocycles. The average molecular weight is 348 g/mol. The summed E-state index contributed by atoms with van der Waals surface area (Å²) in [6.07, 6.45) is 13.5. The molecule has 3 heteroatoms. The highest BCUT2D eigenvalue weighted by Gasteiger charge is 2.08. The van der Waals surface area contributed by atoms with Gasteiger partial charge in [0.05, 0.1) is 5.70 Å². The van der Waals surface area contributed by atoms with E-state index in [1.54, 1.807) is 24.3 Å². The van der Waals surface area contributed by atoms with Crippen LogP contribution < -0.4 is 0 Å². The van der Waals surface area contributed by atoms with Crippen LogP contribution in [0.2, 0.25) is 0 Å². The van der Waals surface area contributed by atoms with Crippen LogP contribution in [0.15, 0.2) is 113 Å². The van der Waals surface area contributed by atoms with Gasteiger partial charge in [0.25, 0.3) is 0 Å². The zero-order valence-corrected chi connectivity index (χ0v) is 15.5. The molecule has 1 N–H and O–H groups in total. The highest BCUT2D eigenvalue weighted by molar-refractivity contribution is 5.80. The summed E-state index contributed by atoms with van der Waals surface area (Å²) in [5.74, 6) is -0.515. The molecule has 0 fully saturated rings. The maximum absolute atomic E-state index is 13.7. The smallest absolute Gasteiger partial charge is 0.144 e. The van der Waals surface area contributed by atoms with Crippen molar-refractivity contribution in [1.29, 1.82) is 5.41 Å². The van der Waals surface area contributed by atoms with Crippen LogP contribution in [-0.4, -0.2) is 12.9 Å². The summed E-state index contributed by atoms with van der Waals surface area (Å²) in [5, 5.41) is 7.57. The number of nitrogens with zero attached hydrogens (tertiary/aromatic N) is 1. The highest BCUT2D eigenvalue weighted by atomic mass is 19.1. The molecule has 26 heavy (non-hydrogen) atoms. The van der Waals surface area contributed by atoms with Gasteiger partial charge in [-0.1, -0.05) is 44.0 Å². The number of allylic oxidation sites excluding steroid dienone is 11. The molecule has 0 aromatic rings. The van der Waals surface area contributed by atoms with Gasteiger partial charge in [-0.2, -0.15) is 0 Å². The Balaban J connectivity index is 6.12. The molecule has 0 amide bonds. The lowest BCUT2D eigenvalue weighted by Gasteiger charge is -2.10. The van der Waals surface area contributed by atoms with Crippen LogP contribution in [0, 0.1) is 5.41 Å². The molecule has 0 rings (SSSR count). The van der Waals surface area contributed by atoms with Crippen LogP contribution in [0.4, 0.5) is 4.39 Å². The lowest BCUT2D eigenvalue weighted by Crippen LogP contribution is -1.95. The molecule has 0 bridgehead atoms. The standard InChI is InChI=1S/C23H25FN2/c1-7-10-11-15-21(18(4)17-25)22(13-8-2)20(9-3)14-12-16-23(24)19(5)26-6/h8-11,14-17,25H,1,3,5-6,12H2,2,4H3. The van der Waals surface area contributed by atoms with Crippen LogP contribution in [0.1, 0.15) is 20.3 Å². The first-order chi connectivity index (χ1) is 12.5. The van der Waals surface area contributed by atoms with Gasteiger partial charge in [0.15, 0.2) is 0 Å². The summed E-state index contributed by atoms with van der Waals surface area (Å²) < 4.78 is 13.7. The molecule has 0 radical (unpaired) electrons. The van der Waals surface area contributed by atoms with E-state index in [9.17, 15) is 4.39 Å². The molecule has 0 atom stereocenters. The zero-order valence-electron chi connectivity index (χ0n) is 15.5.